The van der Waals surface area contributed by atoms with Crippen molar-refractivity contribution in [2.24, 2.45) is 0 Å². The number of nitrogens with zero attached hydrogens (tertiary/aromatic N) is 1. The molecule has 0 aliphatic carbocycles. The highest BCUT2D eigenvalue weighted by Crippen LogP contribution is 2.08. The van der Waals surface area contributed by atoms with Crippen LogP contribution in [0.2, 0.25) is 0 Å². The topological polar surface area (TPSA) is 104 Å². The highest BCUT2D eigenvalue weighted by atomic mass is 16.6. The second-order valence-electron chi connectivity index (χ2n) is 4.43. The fourth-order valence-electron chi connectivity index (χ4n) is 1.11. The van der Waals surface area contributed by atoms with Crippen LogP contribution in [0.4, 0.5) is 4.79 Å². The molecule has 0 radical (unpaired) electrons. The van der Waals surface area contributed by atoms with Crippen LogP contribution in [-0.2, 0) is 11.3 Å². The van der Waals surface area contributed by atoms with Crippen molar-refractivity contribution in [1.29, 1.82) is 0 Å². The van der Waals surface area contributed by atoms with E-state index in [9.17, 15) is 9.59 Å². The van der Waals surface area contributed by atoms with Gasteiger partial charge in [0, 0.05) is 5.56 Å². The smallest absolute Gasteiger partial charge is 0.407 e. The van der Waals surface area contributed by atoms with Gasteiger partial charge in [-0.25, -0.2) is 9.59 Å². The Morgan fingerprint density at radius 2 is 2.18 bits per heavy atom. The first-order valence-electron chi connectivity index (χ1n) is 5.02. The number of H-pyrrole nitrogens is 1. The minimum Gasteiger partial charge on any atom is -0.477 e. The number of nitrogens with one attached hydrogen (secondary N) is 2. The van der Waals surface area contributed by atoms with Gasteiger partial charge >= 0.3 is 12.1 Å². The molecule has 1 aromatic rings. The second-order valence-corrected chi connectivity index (χ2v) is 4.43. The number of alkyl carbamates (subject to hydrolysis) is 1. The molecule has 0 saturated carbocycles. The molecule has 7 nitrogen and oxygen atoms in total. The first kappa shape index (κ1) is 13.0. The van der Waals surface area contributed by atoms with Gasteiger partial charge in [0.2, 0.25) is 0 Å². The zero-order valence-corrected chi connectivity index (χ0v) is 9.90. The Morgan fingerprint density at radius 1 is 1.53 bits per heavy atom. The van der Waals surface area contributed by atoms with Crippen molar-refractivity contribution in [3.05, 3.63) is 17.5 Å². The summed E-state index contributed by atoms with van der Waals surface area (Å²) in [6, 6.07) is 0. The van der Waals surface area contributed by atoms with E-state index in [4.69, 9.17) is 9.84 Å². The zero-order valence-electron chi connectivity index (χ0n) is 9.90. The quantitative estimate of drug-likeness (QED) is 0.735. The highest BCUT2D eigenvalue weighted by molar-refractivity contribution is 5.87. The van der Waals surface area contributed by atoms with Crippen LogP contribution < -0.4 is 5.32 Å². The summed E-state index contributed by atoms with van der Waals surface area (Å²) in [5.74, 6) is -1.12. The molecule has 3 N–H and O–H groups in total. The molecule has 0 unspecified atom stereocenters. The van der Waals surface area contributed by atoms with E-state index in [1.807, 2.05) is 0 Å². The predicted molar refractivity (Wildman–Crippen MR) is 58.6 cm³/mol. The molecule has 0 saturated heterocycles. The Bertz CT molecular complexity index is 419. The Kier molecular flexibility index (Phi) is 3.72. The summed E-state index contributed by atoms with van der Waals surface area (Å²) < 4.78 is 5.01. The number of carboxylic acids is 1. The average Bonchev–Trinajstić information content (AvgIpc) is 2.59. The monoisotopic (exact) mass is 241 g/mol. The van der Waals surface area contributed by atoms with E-state index in [-0.39, 0.29) is 12.2 Å². The first-order valence-corrected chi connectivity index (χ1v) is 5.02. The van der Waals surface area contributed by atoms with Crippen molar-refractivity contribution in [3.63, 3.8) is 0 Å². The van der Waals surface area contributed by atoms with E-state index in [0.29, 0.717) is 5.56 Å². The number of aromatic nitrogens is 2. The second kappa shape index (κ2) is 4.86. The maximum atomic E-state index is 11.3. The number of carbonyl (C=O) groups excluding carboxylic acids is 1. The minimum atomic E-state index is -1.12. The van der Waals surface area contributed by atoms with Crippen molar-refractivity contribution in [3.8, 4) is 0 Å². The van der Waals surface area contributed by atoms with E-state index in [2.05, 4.69) is 15.5 Å². The van der Waals surface area contributed by atoms with Crippen LogP contribution in [0.1, 0.15) is 36.8 Å². The maximum absolute atomic E-state index is 11.3. The summed E-state index contributed by atoms with van der Waals surface area (Å²) in [7, 11) is 0. The molecule has 0 spiro atoms. The van der Waals surface area contributed by atoms with E-state index in [1.165, 1.54) is 6.20 Å². The molecule has 0 bridgehead atoms. The number of amides is 1. The number of rotatable bonds is 3. The lowest BCUT2D eigenvalue weighted by Crippen LogP contribution is -2.32. The van der Waals surface area contributed by atoms with Crippen molar-refractivity contribution >= 4 is 12.1 Å². The Balaban J connectivity index is 2.53. The molecule has 7 heteroatoms. The summed E-state index contributed by atoms with van der Waals surface area (Å²) in [6.07, 6.45) is 0.746. The highest BCUT2D eigenvalue weighted by Gasteiger charge is 2.17. The van der Waals surface area contributed by atoms with Crippen LogP contribution in [-0.4, -0.2) is 33.0 Å². The lowest BCUT2D eigenvalue weighted by molar-refractivity contribution is 0.0520. The molecule has 0 fully saturated rings. The summed E-state index contributed by atoms with van der Waals surface area (Å²) in [5.41, 5.74) is -0.236. The van der Waals surface area contributed by atoms with Gasteiger partial charge in [-0.2, -0.15) is 5.10 Å². The number of carbonyl (C=O) groups is 2. The van der Waals surface area contributed by atoms with Gasteiger partial charge in [0.15, 0.2) is 0 Å². The van der Waals surface area contributed by atoms with Crippen LogP contribution in [0.5, 0.6) is 0 Å². The largest absolute Gasteiger partial charge is 0.477 e. The third kappa shape index (κ3) is 4.13. The van der Waals surface area contributed by atoms with Gasteiger partial charge in [0.25, 0.3) is 0 Å². The van der Waals surface area contributed by atoms with Crippen LogP contribution >= 0.6 is 0 Å². The van der Waals surface area contributed by atoms with Crippen molar-refractivity contribution in [1.82, 2.24) is 15.5 Å². The van der Waals surface area contributed by atoms with Crippen molar-refractivity contribution < 1.29 is 19.4 Å². The van der Waals surface area contributed by atoms with Gasteiger partial charge in [-0.3, -0.25) is 5.10 Å². The third-order valence-electron chi connectivity index (χ3n) is 1.75. The molecule has 1 rings (SSSR count). The fraction of sp³-hybridized carbons (Fsp3) is 0.500. The molecular weight excluding hydrogens is 226 g/mol. The minimum absolute atomic E-state index is 0.0407. The summed E-state index contributed by atoms with van der Waals surface area (Å²) >= 11 is 0. The van der Waals surface area contributed by atoms with Crippen LogP contribution in [0.3, 0.4) is 0 Å². The lowest BCUT2D eigenvalue weighted by atomic mass is 10.2. The number of ether oxygens (including phenoxy) is 1. The Labute approximate surface area is 98.2 Å². The van der Waals surface area contributed by atoms with Crippen molar-refractivity contribution in [2.45, 2.75) is 32.9 Å². The summed E-state index contributed by atoms with van der Waals surface area (Å²) in [5, 5.41) is 17.2. The van der Waals surface area contributed by atoms with Crippen LogP contribution in [0, 0.1) is 0 Å². The lowest BCUT2D eigenvalue weighted by Gasteiger charge is -2.19. The van der Waals surface area contributed by atoms with Gasteiger partial charge in [-0.05, 0) is 20.8 Å². The number of aromatic carboxylic acids is 1. The average molecular weight is 241 g/mol. The fourth-order valence-corrected chi connectivity index (χ4v) is 1.11. The van der Waals surface area contributed by atoms with E-state index in [0.717, 1.165) is 0 Å². The predicted octanol–water partition coefficient (Wildman–Crippen LogP) is 1.13. The number of hydrogen-bond acceptors (Lipinski definition) is 4. The molecule has 1 aromatic heterocycles. The molecule has 17 heavy (non-hydrogen) atoms. The molecule has 0 aromatic carbocycles. The maximum Gasteiger partial charge on any atom is 0.407 e. The molecule has 0 aliphatic rings. The molecule has 1 amide bonds. The number of aromatic amines is 1. The molecule has 94 valence electrons. The van der Waals surface area contributed by atoms with E-state index in [1.54, 1.807) is 20.8 Å². The standard InChI is InChI=1S/C10H15N3O4/c1-10(2,3)17-9(16)11-4-6-5-12-13-7(6)8(14)15/h5H,4H2,1-3H3,(H,11,16)(H,12,13)(H,14,15). The summed E-state index contributed by atoms with van der Waals surface area (Å²) in [6.45, 7) is 5.28. The molecular formula is C10H15N3O4. The third-order valence-corrected chi connectivity index (χ3v) is 1.75. The van der Waals surface area contributed by atoms with Crippen LogP contribution in [0.15, 0.2) is 6.20 Å². The van der Waals surface area contributed by atoms with Gasteiger partial charge < -0.3 is 15.2 Å². The zero-order chi connectivity index (χ0) is 13.1. The summed E-state index contributed by atoms with van der Waals surface area (Å²) in [4.78, 5) is 22.1. The number of hydrogen-bond donors (Lipinski definition) is 3. The van der Waals surface area contributed by atoms with Gasteiger partial charge in [0.1, 0.15) is 11.3 Å². The SMILES string of the molecule is CC(C)(C)OC(=O)NCc1cn[nH]c1C(=O)O. The van der Waals surface area contributed by atoms with E-state index >= 15 is 0 Å². The van der Waals surface area contributed by atoms with Gasteiger partial charge in [-0.1, -0.05) is 0 Å². The first-order chi connectivity index (χ1) is 7.79. The Morgan fingerprint density at radius 3 is 2.71 bits per heavy atom. The van der Waals surface area contributed by atoms with Gasteiger partial charge in [-0.15, -0.1) is 0 Å². The van der Waals surface area contributed by atoms with E-state index < -0.39 is 17.7 Å². The molecule has 0 aliphatic heterocycles. The molecule has 0 atom stereocenters. The van der Waals surface area contributed by atoms with Crippen molar-refractivity contribution in [2.75, 3.05) is 0 Å². The number of carboxylic acid groups (broad SMARTS) is 1. The van der Waals surface area contributed by atoms with Crippen LogP contribution in [0.25, 0.3) is 0 Å². The molecule has 1 heterocycles. The Hall–Kier alpha value is -2.05. The normalized spacial score (nSPS) is 11.0. The van der Waals surface area contributed by atoms with Gasteiger partial charge in [0.05, 0.1) is 12.7 Å².